The molecule has 0 bridgehead atoms. The Morgan fingerprint density at radius 2 is 1.60 bits per heavy atom. The summed E-state index contributed by atoms with van der Waals surface area (Å²) in [6.07, 6.45) is 8.27. The molecular formula is C13H26O2. The van der Waals surface area contributed by atoms with E-state index in [9.17, 15) is 9.90 Å². The van der Waals surface area contributed by atoms with Gasteiger partial charge in [-0.25, -0.2) is 0 Å². The highest BCUT2D eigenvalue weighted by atomic mass is 16.3. The van der Waals surface area contributed by atoms with Crippen LogP contribution in [0.2, 0.25) is 0 Å². The van der Waals surface area contributed by atoms with E-state index in [4.69, 9.17) is 0 Å². The number of aliphatic hydroxyl groups is 1. The molecule has 2 heteroatoms. The van der Waals surface area contributed by atoms with Gasteiger partial charge >= 0.3 is 0 Å². The predicted molar refractivity (Wildman–Crippen MR) is 63.9 cm³/mol. The Balaban J connectivity index is 3.38. The van der Waals surface area contributed by atoms with E-state index in [1.807, 2.05) is 0 Å². The van der Waals surface area contributed by atoms with Crippen LogP contribution in [-0.4, -0.2) is 17.0 Å². The van der Waals surface area contributed by atoms with Crippen molar-refractivity contribution in [1.29, 1.82) is 0 Å². The molecule has 0 aromatic heterocycles. The molecule has 0 rings (SSSR count). The molecule has 0 aliphatic heterocycles. The van der Waals surface area contributed by atoms with Crippen LogP contribution >= 0.6 is 0 Å². The van der Waals surface area contributed by atoms with Crippen LogP contribution in [-0.2, 0) is 4.79 Å². The standard InChI is InChI=1S/C13H26O2/c1-3-5-7-8-9-11-13(15)12(14)10-6-4-2/h12,14H,3-11H2,1-2H3. The lowest BCUT2D eigenvalue weighted by atomic mass is 10.0. The zero-order valence-corrected chi connectivity index (χ0v) is 10.3. The summed E-state index contributed by atoms with van der Waals surface area (Å²) in [4.78, 5) is 11.4. The summed E-state index contributed by atoms with van der Waals surface area (Å²) in [5, 5.41) is 9.50. The molecule has 0 saturated carbocycles. The maximum absolute atomic E-state index is 11.4. The fourth-order valence-corrected chi connectivity index (χ4v) is 1.63. The van der Waals surface area contributed by atoms with Crippen LogP contribution in [0.5, 0.6) is 0 Å². The molecule has 2 nitrogen and oxygen atoms in total. The number of carbonyl (C=O) groups is 1. The maximum atomic E-state index is 11.4. The molecule has 0 spiro atoms. The minimum atomic E-state index is -0.698. The molecule has 0 aliphatic rings. The van der Waals surface area contributed by atoms with Crippen molar-refractivity contribution in [1.82, 2.24) is 0 Å². The van der Waals surface area contributed by atoms with Crippen LogP contribution in [0.4, 0.5) is 0 Å². The molecule has 0 heterocycles. The minimum Gasteiger partial charge on any atom is -0.385 e. The van der Waals surface area contributed by atoms with E-state index in [1.165, 1.54) is 19.3 Å². The summed E-state index contributed by atoms with van der Waals surface area (Å²) in [5.41, 5.74) is 0. The van der Waals surface area contributed by atoms with Crippen molar-refractivity contribution < 1.29 is 9.90 Å². The lowest BCUT2D eigenvalue weighted by Gasteiger charge is -2.08. The topological polar surface area (TPSA) is 37.3 Å². The Kier molecular flexibility index (Phi) is 9.91. The summed E-state index contributed by atoms with van der Waals surface area (Å²) >= 11 is 0. The van der Waals surface area contributed by atoms with Gasteiger partial charge in [0.1, 0.15) is 6.10 Å². The molecule has 1 unspecified atom stereocenters. The number of unbranched alkanes of at least 4 members (excludes halogenated alkanes) is 5. The van der Waals surface area contributed by atoms with E-state index in [1.54, 1.807) is 0 Å². The zero-order chi connectivity index (χ0) is 11.5. The molecule has 0 saturated heterocycles. The SMILES string of the molecule is CCCCCCCC(=O)C(O)CCCC. The second-order valence-corrected chi connectivity index (χ2v) is 4.29. The zero-order valence-electron chi connectivity index (χ0n) is 10.3. The molecular weight excluding hydrogens is 188 g/mol. The van der Waals surface area contributed by atoms with Gasteiger partial charge in [0.2, 0.25) is 0 Å². The quantitative estimate of drug-likeness (QED) is 0.565. The van der Waals surface area contributed by atoms with Gasteiger partial charge in [0.05, 0.1) is 0 Å². The van der Waals surface area contributed by atoms with Crippen LogP contribution in [0.3, 0.4) is 0 Å². The van der Waals surface area contributed by atoms with Crippen molar-refractivity contribution in [3.63, 3.8) is 0 Å². The lowest BCUT2D eigenvalue weighted by molar-refractivity contribution is -0.127. The first kappa shape index (κ1) is 14.6. The van der Waals surface area contributed by atoms with Crippen LogP contribution in [0.25, 0.3) is 0 Å². The Bertz CT molecular complexity index is 155. The monoisotopic (exact) mass is 214 g/mol. The Morgan fingerprint density at radius 3 is 2.20 bits per heavy atom. The summed E-state index contributed by atoms with van der Waals surface area (Å²) in [7, 11) is 0. The van der Waals surface area contributed by atoms with E-state index >= 15 is 0 Å². The molecule has 0 aromatic rings. The van der Waals surface area contributed by atoms with Crippen molar-refractivity contribution in [2.75, 3.05) is 0 Å². The second-order valence-electron chi connectivity index (χ2n) is 4.29. The molecule has 1 N–H and O–H groups in total. The third-order valence-corrected chi connectivity index (χ3v) is 2.73. The van der Waals surface area contributed by atoms with Gasteiger partial charge in [-0.2, -0.15) is 0 Å². The van der Waals surface area contributed by atoms with Gasteiger partial charge in [-0.05, 0) is 12.8 Å². The molecule has 0 amide bonds. The smallest absolute Gasteiger partial charge is 0.161 e. The third kappa shape index (κ3) is 8.61. The molecule has 1 atom stereocenters. The molecule has 0 fully saturated rings. The summed E-state index contributed by atoms with van der Waals surface area (Å²) in [6, 6.07) is 0. The van der Waals surface area contributed by atoms with Crippen molar-refractivity contribution in [3.8, 4) is 0 Å². The fraction of sp³-hybridized carbons (Fsp3) is 0.923. The van der Waals surface area contributed by atoms with Crippen molar-refractivity contribution in [3.05, 3.63) is 0 Å². The average molecular weight is 214 g/mol. The maximum Gasteiger partial charge on any atom is 0.161 e. The number of carbonyl (C=O) groups excluding carboxylic acids is 1. The van der Waals surface area contributed by atoms with Crippen LogP contribution in [0.1, 0.15) is 71.6 Å². The minimum absolute atomic E-state index is 0.0416. The van der Waals surface area contributed by atoms with E-state index in [-0.39, 0.29) is 5.78 Å². The van der Waals surface area contributed by atoms with Crippen molar-refractivity contribution in [2.45, 2.75) is 77.7 Å². The molecule has 0 aromatic carbocycles. The Labute approximate surface area is 94.1 Å². The highest BCUT2D eigenvalue weighted by Gasteiger charge is 2.13. The average Bonchev–Trinajstić information content (AvgIpc) is 2.25. The van der Waals surface area contributed by atoms with Crippen molar-refractivity contribution in [2.24, 2.45) is 0 Å². The summed E-state index contributed by atoms with van der Waals surface area (Å²) in [6.45, 7) is 4.25. The number of ketones is 1. The largest absolute Gasteiger partial charge is 0.385 e. The van der Waals surface area contributed by atoms with Gasteiger partial charge in [-0.15, -0.1) is 0 Å². The van der Waals surface area contributed by atoms with Gasteiger partial charge < -0.3 is 5.11 Å². The Hall–Kier alpha value is -0.370. The summed E-state index contributed by atoms with van der Waals surface area (Å²) in [5.74, 6) is 0.0416. The summed E-state index contributed by atoms with van der Waals surface area (Å²) < 4.78 is 0. The molecule has 15 heavy (non-hydrogen) atoms. The molecule has 90 valence electrons. The van der Waals surface area contributed by atoms with Crippen LogP contribution in [0, 0.1) is 0 Å². The highest BCUT2D eigenvalue weighted by Crippen LogP contribution is 2.09. The highest BCUT2D eigenvalue weighted by molar-refractivity contribution is 5.82. The first-order valence-corrected chi connectivity index (χ1v) is 6.43. The molecule has 0 radical (unpaired) electrons. The van der Waals surface area contributed by atoms with E-state index in [2.05, 4.69) is 13.8 Å². The van der Waals surface area contributed by atoms with E-state index in [0.717, 1.165) is 25.7 Å². The number of Topliss-reactive ketones (excluding diaryl/α,β-unsaturated/α-hetero) is 1. The lowest BCUT2D eigenvalue weighted by Crippen LogP contribution is -2.19. The van der Waals surface area contributed by atoms with Crippen LogP contribution < -0.4 is 0 Å². The Morgan fingerprint density at radius 1 is 1.00 bits per heavy atom. The van der Waals surface area contributed by atoms with Crippen LogP contribution in [0.15, 0.2) is 0 Å². The number of rotatable bonds is 10. The predicted octanol–water partition coefficient (Wildman–Crippen LogP) is 3.47. The fourth-order valence-electron chi connectivity index (χ4n) is 1.63. The number of aliphatic hydroxyl groups excluding tert-OH is 1. The van der Waals surface area contributed by atoms with Gasteiger partial charge in [0, 0.05) is 6.42 Å². The van der Waals surface area contributed by atoms with Gasteiger partial charge in [-0.3, -0.25) is 4.79 Å². The first-order valence-electron chi connectivity index (χ1n) is 6.43. The van der Waals surface area contributed by atoms with Gasteiger partial charge in [0.15, 0.2) is 5.78 Å². The van der Waals surface area contributed by atoms with Crippen molar-refractivity contribution >= 4 is 5.78 Å². The first-order chi connectivity index (χ1) is 7.22. The third-order valence-electron chi connectivity index (χ3n) is 2.73. The number of hydrogen-bond donors (Lipinski definition) is 1. The van der Waals surface area contributed by atoms with E-state index in [0.29, 0.717) is 12.8 Å². The van der Waals surface area contributed by atoms with Gasteiger partial charge in [0.25, 0.3) is 0 Å². The van der Waals surface area contributed by atoms with Gasteiger partial charge in [-0.1, -0.05) is 52.4 Å². The number of hydrogen-bond acceptors (Lipinski definition) is 2. The normalized spacial score (nSPS) is 12.7. The second kappa shape index (κ2) is 10.2. The molecule has 0 aliphatic carbocycles. The van der Waals surface area contributed by atoms with E-state index < -0.39 is 6.10 Å².